The number of rotatable bonds is 4. The Hall–Kier alpha value is -1.76. The molecule has 0 radical (unpaired) electrons. The number of hydrogen-bond donors (Lipinski definition) is 1. The molecule has 1 N–H and O–H groups in total. The number of ether oxygens (including phenoxy) is 1. The maximum absolute atomic E-state index is 12.2. The first kappa shape index (κ1) is 15.6. The van der Waals surface area contributed by atoms with Gasteiger partial charge in [-0.05, 0) is 24.5 Å². The molecule has 0 saturated heterocycles. The largest absolute Gasteiger partial charge is 0.495 e. The molecule has 4 nitrogen and oxygen atoms in total. The van der Waals surface area contributed by atoms with Gasteiger partial charge in [0.2, 0.25) is 5.91 Å². The van der Waals surface area contributed by atoms with Crippen molar-refractivity contribution in [3.05, 3.63) is 23.8 Å². The van der Waals surface area contributed by atoms with Crippen LogP contribution in [0.1, 0.15) is 12.0 Å². The summed E-state index contributed by atoms with van der Waals surface area (Å²) in [5.41, 5.74) is 1.65. The van der Waals surface area contributed by atoms with Crippen molar-refractivity contribution in [3.63, 3.8) is 0 Å². The fourth-order valence-electron chi connectivity index (χ4n) is 2.44. The predicted octanol–water partition coefficient (Wildman–Crippen LogP) is 2.13. The van der Waals surface area contributed by atoms with Gasteiger partial charge in [0.1, 0.15) is 5.75 Å². The topological polar surface area (TPSA) is 41.6 Å². The smallest absolute Gasteiger partial charge is 0.401 e. The molecule has 116 valence electrons. The van der Waals surface area contributed by atoms with E-state index in [-0.39, 0.29) is 12.5 Å². The van der Waals surface area contributed by atoms with Gasteiger partial charge in [-0.15, -0.1) is 0 Å². The van der Waals surface area contributed by atoms with Gasteiger partial charge in [0.15, 0.2) is 0 Å². The lowest BCUT2D eigenvalue weighted by molar-refractivity contribution is -0.127. The number of anilines is 1. The maximum atomic E-state index is 12.2. The second-order valence-electron chi connectivity index (χ2n) is 4.84. The average Bonchev–Trinajstić information content (AvgIpc) is 2.44. The molecule has 0 bridgehead atoms. The number of fused-ring (bicyclic) bond motifs is 1. The van der Waals surface area contributed by atoms with Crippen molar-refractivity contribution in [2.24, 2.45) is 0 Å². The van der Waals surface area contributed by atoms with Crippen LogP contribution in [0.2, 0.25) is 0 Å². The van der Waals surface area contributed by atoms with E-state index in [1.807, 2.05) is 12.1 Å². The monoisotopic (exact) mass is 302 g/mol. The van der Waals surface area contributed by atoms with Gasteiger partial charge in [0.25, 0.3) is 0 Å². The molecule has 7 heteroatoms. The highest BCUT2D eigenvalue weighted by atomic mass is 19.4. The van der Waals surface area contributed by atoms with Crippen molar-refractivity contribution < 1.29 is 22.7 Å². The zero-order chi connectivity index (χ0) is 15.5. The average molecular weight is 302 g/mol. The van der Waals surface area contributed by atoms with E-state index in [4.69, 9.17) is 4.74 Å². The minimum absolute atomic E-state index is 0.350. The quantitative estimate of drug-likeness (QED) is 0.926. The van der Waals surface area contributed by atoms with E-state index >= 15 is 0 Å². The summed E-state index contributed by atoms with van der Waals surface area (Å²) >= 11 is 0. The molecule has 0 atom stereocenters. The lowest BCUT2D eigenvalue weighted by Gasteiger charge is -2.31. The number of methoxy groups -OCH3 is 1. The second-order valence-corrected chi connectivity index (χ2v) is 4.84. The lowest BCUT2D eigenvalue weighted by atomic mass is 10.0. The Labute approximate surface area is 120 Å². The van der Waals surface area contributed by atoms with Crippen molar-refractivity contribution in [2.75, 3.05) is 31.6 Å². The van der Waals surface area contributed by atoms with Crippen LogP contribution in [0.15, 0.2) is 18.2 Å². The molecule has 1 aromatic carbocycles. The minimum atomic E-state index is -4.32. The zero-order valence-corrected chi connectivity index (χ0v) is 11.7. The van der Waals surface area contributed by atoms with Gasteiger partial charge >= 0.3 is 6.18 Å². The van der Waals surface area contributed by atoms with Crippen molar-refractivity contribution in [2.45, 2.75) is 19.0 Å². The summed E-state index contributed by atoms with van der Waals surface area (Å²) in [4.78, 5) is 13.7. The Bertz CT molecular complexity index is 503. The lowest BCUT2D eigenvalue weighted by Crippen LogP contribution is -2.43. The summed E-state index contributed by atoms with van der Waals surface area (Å²) in [6.45, 7) is -1.04. The predicted molar refractivity (Wildman–Crippen MR) is 72.6 cm³/mol. The van der Waals surface area contributed by atoms with Gasteiger partial charge in [-0.3, -0.25) is 4.79 Å². The molecule has 21 heavy (non-hydrogen) atoms. The van der Waals surface area contributed by atoms with Crippen LogP contribution in [0, 0.1) is 0 Å². The number of nitrogens with one attached hydrogen (secondary N) is 1. The molecule has 2 rings (SSSR count). The van der Waals surface area contributed by atoms with Gasteiger partial charge in [-0.1, -0.05) is 12.1 Å². The first-order valence-electron chi connectivity index (χ1n) is 6.66. The molecule has 0 aliphatic carbocycles. The van der Waals surface area contributed by atoms with Gasteiger partial charge in [0.05, 0.1) is 25.9 Å². The number of nitrogens with zero attached hydrogens (tertiary/aromatic N) is 1. The second kappa shape index (κ2) is 6.34. The Morgan fingerprint density at radius 3 is 2.86 bits per heavy atom. The molecule has 0 spiro atoms. The van der Waals surface area contributed by atoms with Crippen LogP contribution in [0.5, 0.6) is 5.75 Å². The van der Waals surface area contributed by atoms with E-state index in [0.717, 1.165) is 18.4 Å². The Morgan fingerprint density at radius 2 is 2.19 bits per heavy atom. The van der Waals surface area contributed by atoms with Crippen LogP contribution >= 0.6 is 0 Å². The molecule has 0 unspecified atom stereocenters. The number of para-hydroxylation sites is 1. The van der Waals surface area contributed by atoms with Crippen LogP contribution in [-0.2, 0) is 11.2 Å². The van der Waals surface area contributed by atoms with Crippen LogP contribution < -0.4 is 15.0 Å². The molecule has 0 saturated carbocycles. The maximum Gasteiger partial charge on any atom is 0.401 e. The number of carbonyl (C=O) groups is 1. The van der Waals surface area contributed by atoms with Crippen molar-refractivity contribution in [3.8, 4) is 5.75 Å². The van der Waals surface area contributed by atoms with Crippen molar-refractivity contribution >= 4 is 11.6 Å². The summed E-state index contributed by atoms with van der Waals surface area (Å²) < 4.78 is 41.6. The Morgan fingerprint density at radius 1 is 1.43 bits per heavy atom. The number of benzene rings is 1. The van der Waals surface area contributed by atoms with E-state index < -0.39 is 12.7 Å². The van der Waals surface area contributed by atoms with Crippen LogP contribution in [0.3, 0.4) is 0 Å². The van der Waals surface area contributed by atoms with Gasteiger partial charge in [-0.25, -0.2) is 0 Å². The van der Waals surface area contributed by atoms with Crippen LogP contribution in [0.25, 0.3) is 0 Å². The molecule has 1 aliphatic rings. The van der Waals surface area contributed by atoms with Gasteiger partial charge < -0.3 is 15.0 Å². The number of carbonyl (C=O) groups excluding carboxylic acids is 1. The molecular weight excluding hydrogens is 285 g/mol. The molecule has 0 fully saturated rings. The molecule has 1 aromatic rings. The number of aryl methyl sites for hydroxylation is 1. The summed E-state index contributed by atoms with van der Waals surface area (Å²) in [5, 5.41) is 2.13. The molecule has 1 heterocycles. The normalized spacial score (nSPS) is 14.8. The summed E-state index contributed by atoms with van der Waals surface area (Å²) in [6.07, 6.45) is -2.71. The number of alkyl halides is 3. The molecular formula is C14H17F3N2O2. The Balaban J connectivity index is 2.10. The highest BCUT2D eigenvalue weighted by Gasteiger charge is 2.29. The summed E-state index contributed by atoms with van der Waals surface area (Å²) in [5.74, 6) is 0.182. The number of halogens is 3. The summed E-state index contributed by atoms with van der Waals surface area (Å²) in [6, 6.07) is 5.49. The third-order valence-corrected chi connectivity index (χ3v) is 3.30. The fourth-order valence-corrected chi connectivity index (χ4v) is 2.44. The summed E-state index contributed by atoms with van der Waals surface area (Å²) in [7, 11) is 1.51. The molecule has 1 amide bonds. The molecule has 1 aliphatic heterocycles. The third-order valence-electron chi connectivity index (χ3n) is 3.30. The van der Waals surface area contributed by atoms with Gasteiger partial charge in [0, 0.05) is 6.54 Å². The Kier molecular flexibility index (Phi) is 4.72. The minimum Gasteiger partial charge on any atom is -0.495 e. The number of amides is 1. The standard InChI is InChI=1S/C14H17F3N2O2/c1-21-11-6-2-4-10-5-3-7-19(13(10)11)12(20)8-18-9-14(15,16)17/h2,4,6,18H,3,5,7-9H2,1H3. The van der Waals surface area contributed by atoms with E-state index in [1.165, 1.54) is 12.0 Å². The van der Waals surface area contributed by atoms with E-state index in [1.54, 1.807) is 6.07 Å². The first-order valence-corrected chi connectivity index (χ1v) is 6.66. The first-order chi connectivity index (χ1) is 9.92. The van der Waals surface area contributed by atoms with Crippen LogP contribution in [0.4, 0.5) is 18.9 Å². The van der Waals surface area contributed by atoms with Crippen molar-refractivity contribution in [1.29, 1.82) is 0 Å². The SMILES string of the molecule is COc1cccc2c1N(C(=O)CNCC(F)(F)F)CCC2. The highest BCUT2D eigenvalue weighted by molar-refractivity contribution is 5.97. The van der Waals surface area contributed by atoms with Crippen LogP contribution in [-0.4, -0.2) is 38.8 Å². The number of hydrogen-bond acceptors (Lipinski definition) is 3. The fraction of sp³-hybridized carbons (Fsp3) is 0.500. The zero-order valence-electron chi connectivity index (χ0n) is 11.7. The van der Waals surface area contributed by atoms with Crippen molar-refractivity contribution in [1.82, 2.24) is 5.32 Å². The van der Waals surface area contributed by atoms with E-state index in [2.05, 4.69) is 5.32 Å². The highest BCUT2D eigenvalue weighted by Crippen LogP contribution is 2.36. The van der Waals surface area contributed by atoms with Gasteiger partial charge in [-0.2, -0.15) is 13.2 Å². The molecule has 0 aromatic heterocycles. The third kappa shape index (κ3) is 3.87. The van der Waals surface area contributed by atoms with E-state index in [0.29, 0.717) is 18.0 Å². The van der Waals surface area contributed by atoms with E-state index in [9.17, 15) is 18.0 Å².